The minimum Gasteiger partial charge on any atom is -0.378 e. The molecule has 1 saturated heterocycles. The number of anilines is 4. The van der Waals surface area contributed by atoms with Crippen LogP contribution in [0.25, 0.3) is 0 Å². The maximum absolute atomic E-state index is 11.3. The summed E-state index contributed by atoms with van der Waals surface area (Å²) in [7, 11) is 0. The molecule has 1 aliphatic rings. The zero-order valence-electron chi connectivity index (χ0n) is 14.8. The predicted octanol–water partition coefficient (Wildman–Crippen LogP) is 2.92. The minimum absolute atomic E-state index is 0.0157. The first-order valence-corrected chi connectivity index (χ1v) is 8.45. The molecule has 0 unspecified atom stereocenters. The number of nitrogens with two attached hydrogens (primary N) is 1. The van der Waals surface area contributed by atoms with Crippen LogP contribution in [0, 0.1) is 24.0 Å². The van der Waals surface area contributed by atoms with Crippen molar-refractivity contribution in [1.82, 2.24) is 9.97 Å². The number of nitrogens with one attached hydrogen (secondary N) is 2. The van der Waals surface area contributed by atoms with E-state index in [0.29, 0.717) is 13.2 Å². The smallest absolute Gasteiger partial charge is 0.353 e. The lowest BCUT2D eigenvalue weighted by molar-refractivity contribution is -0.383. The summed E-state index contributed by atoms with van der Waals surface area (Å²) in [6.45, 7) is 5.16. The first-order chi connectivity index (χ1) is 12.4. The molecule has 0 bridgehead atoms. The average Bonchev–Trinajstić information content (AvgIpc) is 3.09. The number of rotatable bonds is 6. The van der Waals surface area contributed by atoms with Crippen LogP contribution in [0.5, 0.6) is 0 Å². The van der Waals surface area contributed by atoms with Crippen LogP contribution in [0.1, 0.15) is 24.0 Å². The highest BCUT2D eigenvalue weighted by atomic mass is 16.6. The molecule has 0 radical (unpaired) electrons. The zero-order chi connectivity index (χ0) is 18.7. The number of ether oxygens (including phenoxy) is 1. The van der Waals surface area contributed by atoms with E-state index in [1.807, 2.05) is 32.0 Å². The molecule has 1 fully saturated rings. The third-order valence-electron chi connectivity index (χ3n) is 4.38. The Balaban J connectivity index is 1.85. The normalized spacial score (nSPS) is 16.5. The van der Waals surface area contributed by atoms with Gasteiger partial charge in [0, 0.05) is 18.8 Å². The Morgan fingerprint density at radius 3 is 2.81 bits per heavy atom. The highest BCUT2D eigenvalue weighted by Crippen LogP contribution is 2.30. The number of nitro groups is 1. The Morgan fingerprint density at radius 2 is 2.15 bits per heavy atom. The van der Waals surface area contributed by atoms with E-state index in [-0.39, 0.29) is 29.4 Å². The Morgan fingerprint density at radius 1 is 1.35 bits per heavy atom. The highest BCUT2D eigenvalue weighted by molar-refractivity contribution is 5.71. The Kier molecular flexibility index (Phi) is 5.17. The Hall–Kier alpha value is -2.94. The monoisotopic (exact) mass is 358 g/mol. The van der Waals surface area contributed by atoms with Crippen molar-refractivity contribution in [3.8, 4) is 0 Å². The number of nitrogens with zero attached hydrogens (tertiary/aromatic N) is 3. The lowest BCUT2D eigenvalue weighted by Crippen LogP contribution is -2.20. The van der Waals surface area contributed by atoms with Crippen molar-refractivity contribution in [1.29, 1.82) is 0 Å². The van der Waals surface area contributed by atoms with E-state index in [4.69, 9.17) is 10.5 Å². The van der Waals surface area contributed by atoms with Gasteiger partial charge in [0.15, 0.2) is 0 Å². The fraction of sp³-hybridized carbons (Fsp3) is 0.412. The predicted molar refractivity (Wildman–Crippen MR) is 99.8 cm³/mol. The van der Waals surface area contributed by atoms with Crippen molar-refractivity contribution in [2.45, 2.75) is 32.8 Å². The molecule has 1 aromatic heterocycles. The van der Waals surface area contributed by atoms with Crippen molar-refractivity contribution < 1.29 is 9.66 Å². The molecule has 3 rings (SSSR count). The first-order valence-electron chi connectivity index (χ1n) is 8.45. The zero-order valence-corrected chi connectivity index (χ0v) is 14.8. The third kappa shape index (κ3) is 3.99. The Bertz CT molecular complexity index is 820. The molecule has 1 aliphatic heterocycles. The van der Waals surface area contributed by atoms with Crippen LogP contribution in [0.4, 0.5) is 29.0 Å². The second-order valence-electron chi connectivity index (χ2n) is 6.33. The van der Waals surface area contributed by atoms with Crippen LogP contribution in [0.2, 0.25) is 0 Å². The van der Waals surface area contributed by atoms with Gasteiger partial charge in [-0.25, -0.2) is 0 Å². The van der Waals surface area contributed by atoms with Crippen LogP contribution in [-0.4, -0.2) is 34.1 Å². The lowest BCUT2D eigenvalue weighted by atomic mass is 10.1. The van der Waals surface area contributed by atoms with Gasteiger partial charge in [-0.05, 0) is 49.9 Å². The van der Waals surface area contributed by atoms with Gasteiger partial charge in [-0.1, -0.05) is 6.07 Å². The number of benzene rings is 1. The molecule has 2 heterocycles. The van der Waals surface area contributed by atoms with E-state index in [9.17, 15) is 10.1 Å². The number of aryl methyl sites for hydroxylation is 2. The summed E-state index contributed by atoms with van der Waals surface area (Å²) >= 11 is 0. The van der Waals surface area contributed by atoms with Crippen molar-refractivity contribution in [2.75, 3.05) is 29.5 Å². The Labute approximate surface area is 151 Å². The molecule has 0 saturated carbocycles. The largest absolute Gasteiger partial charge is 0.378 e. The van der Waals surface area contributed by atoms with E-state index in [1.54, 1.807) is 0 Å². The number of aromatic nitrogens is 2. The lowest BCUT2D eigenvalue weighted by Gasteiger charge is -2.13. The second-order valence-corrected chi connectivity index (χ2v) is 6.33. The van der Waals surface area contributed by atoms with Gasteiger partial charge in [0.1, 0.15) is 0 Å². The van der Waals surface area contributed by atoms with Crippen molar-refractivity contribution >= 4 is 29.0 Å². The summed E-state index contributed by atoms with van der Waals surface area (Å²) in [5.74, 6) is 0.0988. The molecular weight excluding hydrogens is 336 g/mol. The third-order valence-corrected chi connectivity index (χ3v) is 4.38. The van der Waals surface area contributed by atoms with Gasteiger partial charge in [0.05, 0.1) is 11.0 Å². The van der Waals surface area contributed by atoms with Gasteiger partial charge >= 0.3 is 5.69 Å². The summed E-state index contributed by atoms with van der Waals surface area (Å²) in [6, 6.07) is 5.82. The fourth-order valence-electron chi connectivity index (χ4n) is 2.80. The van der Waals surface area contributed by atoms with E-state index < -0.39 is 4.92 Å². The molecule has 1 atom stereocenters. The minimum atomic E-state index is -0.576. The van der Waals surface area contributed by atoms with Crippen LogP contribution in [0.15, 0.2) is 18.2 Å². The maximum Gasteiger partial charge on any atom is 0.353 e. The van der Waals surface area contributed by atoms with Gasteiger partial charge in [0.25, 0.3) is 0 Å². The van der Waals surface area contributed by atoms with E-state index in [0.717, 1.165) is 24.1 Å². The standard InChI is InChI=1S/C17H22N6O3/c1-10-5-6-12(8-11(10)2)20-17-21-15(18)14(23(24)25)16(22-17)19-9-13-4-3-7-26-13/h5-6,8,13H,3-4,7,9H2,1-2H3,(H4,18,19,20,21,22)/t13-/m1/s1. The van der Waals surface area contributed by atoms with Crippen molar-refractivity contribution in [3.63, 3.8) is 0 Å². The molecule has 26 heavy (non-hydrogen) atoms. The summed E-state index contributed by atoms with van der Waals surface area (Å²) in [5, 5.41) is 17.4. The number of hydrogen-bond acceptors (Lipinski definition) is 8. The van der Waals surface area contributed by atoms with E-state index in [1.165, 1.54) is 5.56 Å². The van der Waals surface area contributed by atoms with Crippen molar-refractivity contribution in [2.24, 2.45) is 0 Å². The second kappa shape index (κ2) is 7.52. The molecule has 9 nitrogen and oxygen atoms in total. The highest BCUT2D eigenvalue weighted by Gasteiger charge is 2.24. The first kappa shape index (κ1) is 17.9. The molecule has 138 valence electrons. The average molecular weight is 358 g/mol. The molecule has 1 aromatic carbocycles. The maximum atomic E-state index is 11.3. The number of nitrogen functional groups attached to an aromatic ring is 1. The van der Waals surface area contributed by atoms with Gasteiger partial charge in [0.2, 0.25) is 17.6 Å². The molecule has 0 spiro atoms. The summed E-state index contributed by atoms with van der Waals surface area (Å²) < 4.78 is 5.53. The molecule has 9 heteroatoms. The topological polar surface area (TPSA) is 128 Å². The van der Waals surface area contributed by atoms with Crippen LogP contribution in [-0.2, 0) is 4.74 Å². The molecular formula is C17H22N6O3. The molecule has 0 amide bonds. The molecule has 0 aliphatic carbocycles. The van der Waals surface area contributed by atoms with Gasteiger partial charge < -0.3 is 21.1 Å². The van der Waals surface area contributed by atoms with Gasteiger partial charge in [-0.3, -0.25) is 10.1 Å². The SMILES string of the molecule is Cc1ccc(Nc2nc(N)c([N+](=O)[O-])c(NC[C@H]3CCCO3)n2)cc1C. The van der Waals surface area contributed by atoms with Gasteiger partial charge in [-0.2, -0.15) is 9.97 Å². The van der Waals surface area contributed by atoms with Crippen molar-refractivity contribution in [3.05, 3.63) is 39.4 Å². The quantitative estimate of drug-likeness (QED) is 0.531. The van der Waals surface area contributed by atoms with E-state index in [2.05, 4.69) is 20.6 Å². The summed E-state index contributed by atoms with van der Waals surface area (Å²) in [4.78, 5) is 19.0. The number of hydrogen-bond donors (Lipinski definition) is 3. The summed E-state index contributed by atoms with van der Waals surface area (Å²) in [5.41, 5.74) is 8.55. The molecule has 4 N–H and O–H groups in total. The van der Waals surface area contributed by atoms with Crippen LogP contribution in [0.3, 0.4) is 0 Å². The van der Waals surface area contributed by atoms with Crippen LogP contribution < -0.4 is 16.4 Å². The summed E-state index contributed by atoms with van der Waals surface area (Å²) in [6.07, 6.45) is 1.91. The van der Waals surface area contributed by atoms with Crippen LogP contribution >= 0.6 is 0 Å². The fourth-order valence-corrected chi connectivity index (χ4v) is 2.80. The molecule has 2 aromatic rings. The van der Waals surface area contributed by atoms with Gasteiger partial charge in [-0.15, -0.1) is 0 Å². The van der Waals surface area contributed by atoms with E-state index >= 15 is 0 Å².